The topological polar surface area (TPSA) is 41.1 Å². The van der Waals surface area contributed by atoms with Crippen LogP contribution < -0.4 is 10.2 Å². The van der Waals surface area contributed by atoms with E-state index < -0.39 is 0 Å². The number of halogens is 2. The van der Waals surface area contributed by atoms with Gasteiger partial charge in [-0.2, -0.15) is 4.98 Å². The maximum atomic E-state index is 6.04. The van der Waals surface area contributed by atoms with Gasteiger partial charge in [-0.3, -0.25) is 0 Å². The van der Waals surface area contributed by atoms with Gasteiger partial charge in [0.1, 0.15) is 5.82 Å². The van der Waals surface area contributed by atoms with E-state index >= 15 is 0 Å². The fourth-order valence-electron chi connectivity index (χ4n) is 2.56. The molecule has 3 rings (SSSR count). The largest absolute Gasteiger partial charge is 0.341 e. The number of benzene rings is 1. The molecule has 0 amide bonds. The normalized spacial score (nSPS) is 15.5. The Balaban J connectivity index is 1.76. The van der Waals surface area contributed by atoms with E-state index in [4.69, 9.17) is 23.2 Å². The molecular formula is C16H18Cl2N4. The van der Waals surface area contributed by atoms with Gasteiger partial charge in [0.2, 0.25) is 5.95 Å². The van der Waals surface area contributed by atoms with Crippen molar-refractivity contribution in [2.45, 2.75) is 25.7 Å². The van der Waals surface area contributed by atoms with E-state index in [9.17, 15) is 0 Å². The summed E-state index contributed by atoms with van der Waals surface area (Å²) in [6.45, 7) is 2.05. The summed E-state index contributed by atoms with van der Waals surface area (Å²) in [5.41, 5.74) is 0.856. The summed E-state index contributed by atoms with van der Waals surface area (Å²) in [7, 11) is 0. The monoisotopic (exact) mass is 336 g/mol. The molecule has 116 valence electrons. The van der Waals surface area contributed by atoms with Gasteiger partial charge in [-0.1, -0.05) is 36.0 Å². The molecule has 0 spiro atoms. The molecule has 0 atom stereocenters. The lowest BCUT2D eigenvalue weighted by Crippen LogP contribution is -2.26. The van der Waals surface area contributed by atoms with Gasteiger partial charge >= 0.3 is 0 Å². The van der Waals surface area contributed by atoms with Crippen LogP contribution in [0, 0.1) is 0 Å². The summed E-state index contributed by atoms with van der Waals surface area (Å²) >= 11 is 12.0. The molecule has 4 nitrogen and oxygen atoms in total. The van der Waals surface area contributed by atoms with Crippen molar-refractivity contribution in [2.75, 3.05) is 23.3 Å². The molecule has 0 saturated carbocycles. The molecular weight excluding hydrogens is 319 g/mol. The molecule has 1 aliphatic heterocycles. The number of hydrogen-bond acceptors (Lipinski definition) is 4. The summed E-state index contributed by atoms with van der Waals surface area (Å²) < 4.78 is 0. The maximum Gasteiger partial charge on any atom is 0.227 e. The summed E-state index contributed by atoms with van der Waals surface area (Å²) in [5, 5.41) is 4.31. The number of nitrogens with one attached hydrogen (secondary N) is 1. The molecule has 1 fully saturated rings. The first kappa shape index (κ1) is 15.4. The average Bonchev–Trinajstić information content (AvgIpc) is 2.80. The Morgan fingerprint density at radius 2 is 1.73 bits per heavy atom. The van der Waals surface area contributed by atoms with Gasteiger partial charge in [0.05, 0.1) is 10.0 Å². The molecule has 1 aromatic heterocycles. The van der Waals surface area contributed by atoms with Crippen molar-refractivity contribution in [3.8, 4) is 0 Å². The van der Waals surface area contributed by atoms with E-state index in [-0.39, 0.29) is 0 Å². The van der Waals surface area contributed by atoms with Crippen LogP contribution in [0.25, 0.3) is 0 Å². The quantitative estimate of drug-likeness (QED) is 0.864. The third-order valence-electron chi connectivity index (χ3n) is 3.72. The molecule has 0 unspecified atom stereocenters. The van der Waals surface area contributed by atoms with Crippen LogP contribution in [0.1, 0.15) is 25.7 Å². The minimum atomic E-state index is 0.522. The maximum absolute atomic E-state index is 6.04. The lowest BCUT2D eigenvalue weighted by Gasteiger charge is -2.20. The molecule has 0 bridgehead atoms. The molecule has 0 radical (unpaired) electrons. The first-order valence-corrected chi connectivity index (χ1v) is 8.28. The highest BCUT2D eigenvalue weighted by Crippen LogP contribution is 2.27. The highest BCUT2D eigenvalue weighted by atomic mass is 35.5. The summed E-state index contributed by atoms with van der Waals surface area (Å²) in [6.07, 6.45) is 6.77. The van der Waals surface area contributed by atoms with Crippen molar-refractivity contribution in [3.63, 3.8) is 0 Å². The van der Waals surface area contributed by atoms with Crippen molar-refractivity contribution in [3.05, 3.63) is 40.5 Å². The zero-order valence-electron chi connectivity index (χ0n) is 12.2. The fraction of sp³-hybridized carbons (Fsp3) is 0.375. The zero-order valence-corrected chi connectivity index (χ0v) is 13.7. The first-order valence-electron chi connectivity index (χ1n) is 7.52. The summed E-state index contributed by atoms with van der Waals surface area (Å²) in [5.74, 6) is 1.54. The lowest BCUT2D eigenvalue weighted by molar-refractivity contribution is 0.726. The van der Waals surface area contributed by atoms with Gasteiger partial charge in [0.15, 0.2) is 0 Å². The smallest absolute Gasteiger partial charge is 0.227 e. The average molecular weight is 337 g/mol. The number of anilines is 3. The second kappa shape index (κ2) is 7.16. The second-order valence-electron chi connectivity index (χ2n) is 5.40. The third kappa shape index (κ3) is 3.81. The Morgan fingerprint density at radius 3 is 2.45 bits per heavy atom. The van der Waals surface area contributed by atoms with Crippen LogP contribution in [0.15, 0.2) is 30.5 Å². The molecule has 2 heterocycles. The van der Waals surface area contributed by atoms with Gasteiger partial charge in [-0.15, -0.1) is 0 Å². The van der Waals surface area contributed by atoms with Crippen LogP contribution >= 0.6 is 23.2 Å². The third-order valence-corrected chi connectivity index (χ3v) is 4.46. The van der Waals surface area contributed by atoms with Crippen molar-refractivity contribution in [1.29, 1.82) is 0 Å². The van der Waals surface area contributed by atoms with Gasteiger partial charge in [-0.25, -0.2) is 4.98 Å². The summed E-state index contributed by atoms with van der Waals surface area (Å²) in [6, 6.07) is 7.28. The first-order chi connectivity index (χ1) is 10.7. The Morgan fingerprint density at radius 1 is 0.955 bits per heavy atom. The van der Waals surface area contributed by atoms with Crippen LogP contribution in [-0.2, 0) is 0 Å². The van der Waals surface area contributed by atoms with Crippen LogP contribution in [0.3, 0.4) is 0 Å². The van der Waals surface area contributed by atoms with Crippen molar-refractivity contribution < 1.29 is 0 Å². The zero-order chi connectivity index (χ0) is 15.4. The minimum Gasteiger partial charge on any atom is -0.341 e. The Hall–Kier alpha value is -1.52. The molecule has 1 saturated heterocycles. The Bertz CT molecular complexity index is 640. The summed E-state index contributed by atoms with van der Waals surface area (Å²) in [4.78, 5) is 11.3. The van der Waals surface area contributed by atoms with Gasteiger partial charge < -0.3 is 10.2 Å². The van der Waals surface area contributed by atoms with Crippen LogP contribution in [0.5, 0.6) is 0 Å². The van der Waals surface area contributed by atoms with Crippen molar-refractivity contribution in [2.24, 2.45) is 0 Å². The van der Waals surface area contributed by atoms with E-state index in [1.165, 1.54) is 25.7 Å². The number of hydrogen-bond donors (Lipinski definition) is 1. The van der Waals surface area contributed by atoms with E-state index in [1.807, 2.05) is 12.1 Å². The van der Waals surface area contributed by atoms with Crippen LogP contribution in [-0.4, -0.2) is 23.1 Å². The standard InChI is InChI=1S/C16H18Cl2N4/c17-13-6-5-12(11-14(13)18)20-15-7-8-19-16(21-15)22-9-3-1-2-4-10-22/h5-8,11H,1-4,9-10H2,(H,19,20,21). The van der Waals surface area contributed by atoms with Crippen LogP contribution in [0.2, 0.25) is 10.0 Å². The fourth-order valence-corrected chi connectivity index (χ4v) is 2.86. The van der Waals surface area contributed by atoms with E-state index in [0.717, 1.165) is 30.5 Å². The van der Waals surface area contributed by atoms with E-state index in [0.29, 0.717) is 10.0 Å². The molecule has 2 aromatic rings. The number of rotatable bonds is 3. The van der Waals surface area contributed by atoms with E-state index in [2.05, 4.69) is 20.2 Å². The van der Waals surface area contributed by atoms with Gasteiger partial charge in [0, 0.05) is 25.0 Å². The predicted molar refractivity (Wildman–Crippen MR) is 92.5 cm³/mol. The number of aromatic nitrogens is 2. The lowest BCUT2D eigenvalue weighted by atomic mass is 10.2. The Kier molecular flexibility index (Phi) is 5.01. The van der Waals surface area contributed by atoms with Crippen LogP contribution in [0.4, 0.5) is 17.5 Å². The van der Waals surface area contributed by atoms with Gasteiger partial charge in [-0.05, 0) is 37.1 Å². The highest BCUT2D eigenvalue weighted by molar-refractivity contribution is 6.42. The van der Waals surface area contributed by atoms with E-state index in [1.54, 1.807) is 18.3 Å². The van der Waals surface area contributed by atoms with Crippen molar-refractivity contribution >= 4 is 40.7 Å². The molecule has 6 heteroatoms. The van der Waals surface area contributed by atoms with Crippen molar-refractivity contribution in [1.82, 2.24) is 9.97 Å². The second-order valence-corrected chi connectivity index (χ2v) is 6.21. The molecule has 0 aliphatic carbocycles. The molecule has 1 N–H and O–H groups in total. The molecule has 1 aromatic carbocycles. The minimum absolute atomic E-state index is 0.522. The van der Waals surface area contributed by atoms with Gasteiger partial charge in [0.25, 0.3) is 0 Å². The SMILES string of the molecule is Clc1ccc(Nc2ccnc(N3CCCCCC3)n2)cc1Cl. The number of nitrogens with zero attached hydrogens (tertiary/aromatic N) is 3. The Labute approximate surface area is 140 Å². The molecule has 1 aliphatic rings. The molecule has 22 heavy (non-hydrogen) atoms. The highest BCUT2D eigenvalue weighted by Gasteiger charge is 2.12. The predicted octanol–water partition coefficient (Wildman–Crippen LogP) is 4.91.